The second kappa shape index (κ2) is 24.4. The van der Waals surface area contributed by atoms with Crippen molar-refractivity contribution in [1.29, 1.82) is 0 Å². The van der Waals surface area contributed by atoms with Gasteiger partial charge < -0.3 is 16.6 Å². The summed E-state index contributed by atoms with van der Waals surface area (Å²) in [6.07, 6.45) is 20.6. The molecule has 6 heteroatoms. The highest BCUT2D eigenvalue weighted by molar-refractivity contribution is 5.76. The van der Waals surface area contributed by atoms with Crippen molar-refractivity contribution in [2.24, 2.45) is 21.7 Å². The number of hydrogen-bond donors (Lipinski definition) is 3. The average molecular weight is 385 g/mol. The number of carboxylic acids is 1. The molecule has 0 radical (unpaired) electrons. The molecule has 5 N–H and O–H groups in total. The van der Waals surface area contributed by atoms with Gasteiger partial charge in [0.2, 0.25) is 5.96 Å². The maximum absolute atomic E-state index is 10.1. The standard InChI is InChI=1S/C12H26N4.C9H18O2/c1-2-3-4-5-6-7-8-9-10-11-15-16-12(13)14;1-2-3-4-5-6-7-8-9(10)11/h11H,2-10H2,1H3,(H4,13,14,16);2-8H2,1H3,(H,10,11)/b15-11+;. The largest absolute Gasteiger partial charge is 0.481 e. The second-order valence-electron chi connectivity index (χ2n) is 7.00. The second-order valence-corrected chi connectivity index (χ2v) is 7.00. The number of rotatable bonds is 17. The summed E-state index contributed by atoms with van der Waals surface area (Å²) in [5.41, 5.74) is 10.3. The van der Waals surface area contributed by atoms with Crippen LogP contribution in [0.2, 0.25) is 0 Å². The summed E-state index contributed by atoms with van der Waals surface area (Å²) >= 11 is 0. The van der Waals surface area contributed by atoms with Gasteiger partial charge in [0.05, 0.1) is 0 Å². The van der Waals surface area contributed by atoms with E-state index < -0.39 is 5.97 Å². The van der Waals surface area contributed by atoms with Crippen molar-refractivity contribution in [3.05, 3.63) is 0 Å². The van der Waals surface area contributed by atoms with Gasteiger partial charge in [-0.05, 0) is 19.3 Å². The third-order valence-corrected chi connectivity index (χ3v) is 4.19. The Labute approximate surface area is 166 Å². The first-order valence-electron chi connectivity index (χ1n) is 10.9. The monoisotopic (exact) mass is 384 g/mol. The number of nitrogens with two attached hydrogens (primary N) is 2. The SMILES string of the molecule is CCCCCCCCC(=O)O.CCCCCCCCCC/C=N/N=C(N)N. The molecule has 27 heavy (non-hydrogen) atoms. The van der Waals surface area contributed by atoms with Crippen LogP contribution in [0, 0.1) is 0 Å². The Bertz CT molecular complexity index is 367. The Hall–Kier alpha value is -1.59. The van der Waals surface area contributed by atoms with E-state index in [2.05, 4.69) is 24.1 Å². The fourth-order valence-corrected chi connectivity index (χ4v) is 2.59. The van der Waals surface area contributed by atoms with Crippen LogP contribution in [0.4, 0.5) is 0 Å². The van der Waals surface area contributed by atoms with Gasteiger partial charge in [0.15, 0.2) is 0 Å². The van der Waals surface area contributed by atoms with Crippen LogP contribution in [0.1, 0.15) is 117 Å². The van der Waals surface area contributed by atoms with Gasteiger partial charge in [-0.2, -0.15) is 5.10 Å². The lowest BCUT2D eigenvalue weighted by Crippen LogP contribution is -2.21. The van der Waals surface area contributed by atoms with Gasteiger partial charge >= 0.3 is 5.97 Å². The minimum Gasteiger partial charge on any atom is -0.481 e. The molecule has 0 atom stereocenters. The first kappa shape index (κ1) is 27.6. The smallest absolute Gasteiger partial charge is 0.303 e. The first-order valence-corrected chi connectivity index (χ1v) is 10.9. The van der Waals surface area contributed by atoms with Crippen LogP contribution >= 0.6 is 0 Å². The molecule has 160 valence electrons. The predicted molar refractivity (Wildman–Crippen MR) is 117 cm³/mol. The Balaban J connectivity index is 0. The van der Waals surface area contributed by atoms with Gasteiger partial charge in [-0.1, -0.05) is 90.9 Å². The summed E-state index contributed by atoms with van der Waals surface area (Å²) in [5.74, 6) is -0.646. The molecule has 0 bridgehead atoms. The van der Waals surface area contributed by atoms with E-state index in [-0.39, 0.29) is 5.96 Å². The van der Waals surface area contributed by atoms with E-state index >= 15 is 0 Å². The van der Waals surface area contributed by atoms with Crippen molar-refractivity contribution in [3.8, 4) is 0 Å². The molecule has 0 aromatic heterocycles. The maximum atomic E-state index is 10.1. The number of carboxylic acid groups (broad SMARTS) is 1. The van der Waals surface area contributed by atoms with E-state index in [0.29, 0.717) is 6.42 Å². The minimum atomic E-state index is -0.666. The van der Waals surface area contributed by atoms with Crippen LogP contribution in [-0.2, 0) is 4.79 Å². The zero-order chi connectivity index (χ0) is 20.6. The lowest BCUT2D eigenvalue weighted by atomic mass is 10.1. The third kappa shape index (κ3) is 32.5. The van der Waals surface area contributed by atoms with Gasteiger partial charge in [-0.3, -0.25) is 4.79 Å². The number of aliphatic carboxylic acids is 1. The molecule has 0 heterocycles. The molecule has 0 unspecified atom stereocenters. The van der Waals surface area contributed by atoms with Crippen molar-refractivity contribution in [3.63, 3.8) is 0 Å². The topological polar surface area (TPSA) is 114 Å². The van der Waals surface area contributed by atoms with Crippen LogP contribution in [0.25, 0.3) is 0 Å². The van der Waals surface area contributed by atoms with Crippen LogP contribution in [-0.4, -0.2) is 23.2 Å². The highest BCUT2D eigenvalue weighted by atomic mass is 16.4. The number of carbonyl (C=O) groups is 1. The first-order chi connectivity index (χ1) is 13.0. The number of guanidine groups is 1. The average Bonchev–Trinajstić information content (AvgIpc) is 2.63. The Morgan fingerprint density at radius 3 is 1.67 bits per heavy atom. The van der Waals surface area contributed by atoms with Crippen molar-refractivity contribution in [2.45, 2.75) is 117 Å². The quantitative estimate of drug-likeness (QED) is 0.131. The summed E-state index contributed by atoms with van der Waals surface area (Å²) in [6.45, 7) is 4.42. The zero-order valence-corrected chi connectivity index (χ0v) is 17.8. The molecule has 0 saturated carbocycles. The fraction of sp³-hybridized carbons (Fsp3) is 0.857. The molecule has 0 aliphatic carbocycles. The van der Waals surface area contributed by atoms with Gasteiger partial charge in [-0.15, -0.1) is 5.10 Å². The van der Waals surface area contributed by atoms with Gasteiger partial charge in [-0.25, -0.2) is 0 Å². The molecule has 6 nitrogen and oxygen atoms in total. The third-order valence-electron chi connectivity index (χ3n) is 4.19. The highest BCUT2D eigenvalue weighted by Gasteiger charge is 1.95. The van der Waals surface area contributed by atoms with Gasteiger partial charge in [0.25, 0.3) is 0 Å². The number of unbranched alkanes of at least 4 members (excludes halogenated alkanes) is 13. The molecule has 0 aliphatic heterocycles. The summed E-state index contributed by atoms with van der Waals surface area (Å²) in [4.78, 5) is 10.1. The molecule has 0 amide bonds. The summed E-state index contributed by atoms with van der Waals surface area (Å²) < 4.78 is 0. The molecule has 0 aromatic rings. The van der Waals surface area contributed by atoms with E-state index in [0.717, 1.165) is 19.3 Å². The predicted octanol–water partition coefficient (Wildman–Crippen LogP) is 5.60. The molecular weight excluding hydrogens is 340 g/mol. The minimum absolute atomic E-state index is 0.0205. The van der Waals surface area contributed by atoms with Gasteiger partial charge in [0.1, 0.15) is 0 Å². The van der Waals surface area contributed by atoms with E-state index in [4.69, 9.17) is 16.6 Å². The molecule has 0 aromatic carbocycles. The normalized spacial score (nSPS) is 10.4. The van der Waals surface area contributed by atoms with Crippen LogP contribution < -0.4 is 11.5 Å². The van der Waals surface area contributed by atoms with E-state index in [1.54, 1.807) is 6.21 Å². The number of hydrogen-bond acceptors (Lipinski definition) is 3. The Morgan fingerprint density at radius 2 is 1.22 bits per heavy atom. The summed E-state index contributed by atoms with van der Waals surface area (Å²) in [5, 5.41) is 15.6. The molecule has 0 aliphatic rings. The van der Waals surface area contributed by atoms with Gasteiger partial charge in [0, 0.05) is 12.6 Å². The van der Waals surface area contributed by atoms with Crippen LogP contribution in [0.3, 0.4) is 0 Å². The Kier molecular flexibility index (Phi) is 25.0. The summed E-state index contributed by atoms with van der Waals surface area (Å²) in [7, 11) is 0. The molecular formula is C21H44N4O2. The number of nitrogens with zero attached hydrogens (tertiary/aromatic N) is 2. The summed E-state index contributed by atoms with van der Waals surface area (Å²) in [6, 6.07) is 0. The van der Waals surface area contributed by atoms with Crippen molar-refractivity contribution in [1.82, 2.24) is 0 Å². The zero-order valence-electron chi connectivity index (χ0n) is 17.8. The van der Waals surface area contributed by atoms with Crippen molar-refractivity contribution >= 4 is 18.1 Å². The van der Waals surface area contributed by atoms with E-state index in [1.165, 1.54) is 77.0 Å². The lowest BCUT2D eigenvalue weighted by Gasteiger charge is -1.99. The van der Waals surface area contributed by atoms with E-state index in [9.17, 15) is 4.79 Å². The maximum Gasteiger partial charge on any atom is 0.303 e. The highest BCUT2D eigenvalue weighted by Crippen LogP contribution is 2.09. The van der Waals surface area contributed by atoms with Crippen molar-refractivity contribution < 1.29 is 9.90 Å². The molecule has 0 rings (SSSR count). The molecule has 0 spiro atoms. The van der Waals surface area contributed by atoms with Crippen LogP contribution in [0.5, 0.6) is 0 Å². The molecule has 0 saturated heterocycles. The van der Waals surface area contributed by atoms with Crippen LogP contribution in [0.15, 0.2) is 10.2 Å². The van der Waals surface area contributed by atoms with E-state index in [1.807, 2.05) is 0 Å². The van der Waals surface area contributed by atoms with Crippen molar-refractivity contribution in [2.75, 3.05) is 0 Å². The lowest BCUT2D eigenvalue weighted by molar-refractivity contribution is -0.137. The Morgan fingerprint density at radius 1 is 0.778 bits per heavy atom. The molecule has 0 fully saturated rings. The fourth-order valence-electron chi connectivity index (χ4n) is 2.59.